The van der Waals surface area contributed by atoms with Gasteiger partial charge in [-0.3, -0.25) is 4.79 Å². The van der Waals surface area contributed by atoms with Crippen LogP contribution in [-0.4, -0.2) is 22.0 Å². The van der Waals surface area contributed by atoms with Gasteiger partial charge in [0.1, 0.15) is 5.01 Å². The monoisotopic (exact) mass is 478 g/mol. The van der Waals surface area contributed by atoms with Crippen LogP contribution in [0.4, 0.5) is 0 Å². The van der Waals surface area contributed by atoms with Crippen molar-refractivity contribution in [3.63, 3.8) is 0 Å². The number of nitrogens with zero attached hydrogens (tertiary/aromatic N) is 1. The zero-order chi connectivity index (χ0) is 24.2. The van der Waals surface area contributed by atoms with Crippen molar-refractivity contribution in [3.05, 3.63) is 114 Å². The molecule has 5 aromatic rings. The van der Waals surface area contributed by atoms with Crippen molar-refractivity contribution < 1.29 is 14.7 Å². The molecule has 0 fully saturated rings. The molecule has 0 bridgehead atoms. The molecule has 1 amide bonds. The third kappa shape index (κ3) is 5.13. The number of aliphatic carboxylic acids is 1. The van der Waals surface area contributed by atoms with Crippen molar-refractivity contribution in [2.75, 3.05) is 0 Å². The van der Waals surface area contributed by atoms with Crippen LogP contribution in [-0.2, 0) is 16.0 Å². The molecule has 0 radical (unpaired) electrons. The summed E-state index contributed by atoms with van der Waals surface area (Å²) >= 11 is 1.44. The van der Waals surface area contributed by atoms with E-state index in [9.17, 15) is 14.7 Å². The van der Waals surface area contributed by atoms with E-state index in [0.29, 0.717) is 10.6 Å². The van der Waals surface area contributed by atoms with Crippen molar-refractivity contribution in [1.82, 2.24) is 10.3 Å². The van der Waals surface area contributed by atoms with Gasteiger partial charge in [0.05, 0.1) is 16.6 Å². The van der Waals surface area contributed by atoms with Crippen LogP contribution in [0, 0.1) is 0 Å². The number of carbonyl (C=O) groups is 2. The zero-order valence-electron chi connectivity index (χ0n) is 18.7. The lowest BCUT2D eigenvalue weighted by Gasteiger charge is -2.16. The minimum absolute atomic E-state index is 0.0160. The standard InChI is InChI=1S/C29H22N2O3S/c32-26(18-27-30-24-17-22(14-15-25(24)35-27)20-10-5-2-6-11-20)31-28(29(33)34)23-13-7-12-21(16-23)19-8-3-1-4-9-19/h1-17,28H,18H2,(H,31,32)(H,33,34)/t28-/m0/s1. The fraction of sp³-hybridized carbons (Fsp3) is 0.0690. The van der Waals surface area contributed by atoms with Gasteiger partial charge in [0.15, 0.2) is 6.04 Å². The van der Waals surface area contributed by atoms with E-state index < -0.39 is 12.0 Å². The van der Waals surface area contributed by atoms with E-state index in [0.717, 1.165) is 32.5 Å². The summed E-state index contributed by atoms with van der Waals surface area (Å²) in [4.78, 5) is 29.5. The number of rotatable bonds is 7. The van der Waals surface area contributed by atoms with Crippen molar-refractivity contribution in [2.45, 2.75) is 12.5 Å². The van der Waals surface area contributed by atoms with E-state index in [1.807, 2.05) is 84.9 Å². The molecule has 172 valence electrons. The maximum Gasteiger partial charge on any atom is 0.330 e. The number of amides is 1. The largest absolute Gasteiger partial charge is 0.479 e. The second-order valence-corrected chi connectivity index (χ2v) is 9.28. The predicted octanol–water partition coefficient (Wildman–Crippen LogP) is 6.11. The number of nitrogens with one attached hydrogen (secondary N) is 1. The van der Waals surface area contributed by atoms with Crippen LogP contribution in [0.5, 0.6) is 0 Å². The van der Waals surface area contributed by atoms with E-state index in [1.54, 1.807) is 18.2 Å². The van der Waals surface area contributed by atoms with Crippen LogP contribution < -0.4 is 5.32 Å². The summed E-state index contributed by atoms with van der Waals surface area (Å²) in [6.45, 7) is 0. The molecule has 2 N–H and O–H groups in total. The number of carbonyl (C=O) groups excluding carboxylic acids is 1. The van der Waals surface area contributed by atoms with Gasteiger partial charge in [-0.1, -0.05) is 84.9 Å². The minimum Gasteiger partial charge on any atom is -0.479 e. The lowest BCUT2D eigenvalue weighted by atomic mass is 9.99. The molecule has 4 aromatic carbocycles. The Balaban J connectivity index is 1.33. The normalized spacial score (nSPS) is 11.8. The summed E-state index contributed by atoms with van der Waals surface area (Å²) in [5, 5.41) is 13.1. The molecule has 6 heteroatoms. The molecule has 1 aromatic heterocycles. The Morgan fingerprint density at radius 2 is 1.40 bits per heavy atom. The Bertz CT molecular complexity index is 1500. The van der Waals surface area contributed by atoms with Crippen LogP contribution in [0.25, 0.3) is 32.5 Å². The third-order valence-corrected chi connectivity index (χ3v) is 6.77. The van der Waals surface area contributed by atoms with Gasteiger partial charge in [0.2, 0.25) is 5.91 Å². The maximum absolute atomic E-state index is 12.8. The van der Waals surface area contributed by atoms with Gasteiger partial charge in [-0.2, -0.15) is 0 Å². The predicted molar refractivity (Wildman–Crippen MR) is 139 cm³/mol. The third-order valence-electron chi connectivity index (χ3n) is 5.73. The zero-order valence-corrected chi connectivity index (χ0v) is 19.5. The number of aromatic nitrogens is 1. The molecular weight excluding hydrogens is 456 g/mol. The summed E-state index contributed by atoms with van der Waals surface area (Å²) in [5.74, 6) is -1.50. The van der Waals surface area contributed by atoms with Crippen molar-refractivity contribution in [1.29, 1.82) is 0 Å². The number of thiazole rings is 1. The van der Waals surface area contributed by atoms with Gasteiger partial charge in [-0.05, 0) is 46.0 Å². The summed E-state index contributed by atoms with van der Waals surface area (Å²) in [7, 11) is 0. The molecule has 0 aliphatic carbocycles. The highest BCUT2D eigenvalue weighted by Gasteiger charge is 2.23. The van der Waals surface area contributed by atoms with Gasteiger partial charge in [0.25, 0.3) is 0 Å². The smallest absolute Gasteiger partial charge is 0.330 e. The van der Waals surface area contributed by atoms with Crippen LogP contribution in [0.1, 0.15) is 16.6 Å². The summed E-state index contributed by atoms with van der Waals surface area (Å²) < 4.78 is 0.984. The summed E-state index contributed by atoms with van der Waals surface area (Å²) in [6.07, 6.45) is 0.0160. The molecule has 35 heavy (non-hydrogen) atoms. The number of hydrogen-bond acceptors (Lipinski definition) is 4. The molecule has 5 rings (SSSR count). The first-order valence-electron chi connectivity index (χ1n) is 11.2. The van der Waals surface area contributed by atoms with Crippen LogP contribution in [0.15, 0.2) is 103 Å². The van der Waals surface area contributed by atoms with Crippen LogP contribution in [0.3, 0.4) is 0 Å². The fourth-order valence-corrected chi connectivity index (χ4v) is 4.97. The van der Waals surface area contributed by atoms with E-state index in [4.69, 9.17) is 0 Å². The van der Waals surface area contributed by atoms with E-state index in [-0.39, 0.29) is 12.3 Å². The number of carboxylic acids is 1. The van der Waals surface area contributed by atoms with Crippen molar-refractivity contribution in [3.8, 4) is 22.3 Å². The molecule has 1 heterocycles. The highest BCUT2D eigenvalue weighted by atomic mass is 32.1. The van der Waals surface area contributed by atoms with Crippen LogP contribution in [0.2, 0.25) is 0 Å². The molecule has 1 atom stereocenters. The first-order valence-corrected chi connectivity index (χ1v) is 12.0. The number of benzene rings is 4. The van der Waals surface area contributed by atoms with Gasteiger partial charge in [-0.25, -0.2) is 9.78 Å². The quantitative estimate of drug-likeness (QED) is 0.296. The highest BCUT2D eigenvalue weighted by molar-refractivity contribution is 7.18. The second-order valence-electron chi connectivity index (χ2n) is 8.16. The van der Waals surface area contributed by atoms with E-state index in [1.165, 1.54) is 11.3 Å². The summed E-state index contributed by atoms with van der Waals surface area (Å²) in [5.41, 5.74) is 5.37. The van der Waals surface area contributed by atoms with Gasteiger partial charge >= 0.3 is 5.97 Å². The second kappa shape index (κ2) is 9.91. The summed E-state index contributed by atoms with van der Waals surface area (Å²) in [6, 6.07) is 31.9. The average molecular weight is 479 g/mol. The Hall–Kier alpha value is -4.29. The van der Waals surface area contributed by atoms with Crippen molar-refractivity contribution in [2.24, 2.45) is 0 Å². The topological polar surface area (TPSA) is 79.3 Å². The van der Waals surface area contributed by atoms with E-state index >= 15 is 0 Å². The Kier molecular flexibility index (Phi) is 6.37. The van der Waals surface area contributed by atoms with Gasteiger partial charge < -0.3 is 10.4 Å². The first kappa shape index (κ1) is 22.5. The van der Waals surface area contributed by atoms with Crippen molar-refractivity contribution >= 4 is 33.4 Å². The molecule has 0 aliphatic heterocycles. The minimum atomic E-state index is -1.15. The lowest BCUT2D eigenvalue weighted by Crippen LogP contribution is -2.34. The Morgan fingerprint density at radius 1 is 0.771 bits per heavy atom. The van der Waals surface area contributed by atoms with Crippen LogP contribution >= 0.6 is 11.3 Å². The maximum atomic E-state index is 12.8. The molecule has 0 saturated heterocycles. The molecule has 0 saturated carbocycles. The molecular formula is C29H22N2O3S. The first-order chi connectivity index (χ1) is 17.1. The molecule has 5 nitrogen and oxygen atoms in total. The molecule has 0 spiro atoms. The molecule has 0 unspecified atom stereocenters. The highest BCUT2D eigenvalue weighted by Crippen LogP contribution is 2.28. The lowest BCUT2D eigenvalue weighted by molar-refractivity contribution is -0.141. The van der Waals surface area contributed by atoms with E-state index in [2.05, 4.69) is 10.3 Å². The number of carboxylic acid groups (broad SMARTS) is 1. The average Bonchev–Trinajstić information content (AvgIpc) is 3.29. The number of hydrogen-bond donors (Lipinski definition) is 2. The van der Waals surface area contributed by atoms with Gasteiger partial charge in [-0.15, -0.1) is 11.3 Å². The SMILES string of the molecule is O=C(Cc1nc2cc(-c3ccccc3)ccc2s1)N[C@H](C(=O)O)c1cccc(-c2ccccc2)c1. The Labute approximate surface area is 206 Å². The van der Waals surface area contributed by atoms with Gasteiger partial charge in [0, 0.05) is 0 Å². The molecule has 0 aliphatic rings. The number of fused-ring (bicyclic) bond motifs is 1. The Morgan fingerprint density at radius 3 is 2.06 bits per heavy atom. The fourth-order valence-electron chi connectivity index (χ4n) is 4.03.